The van der Waals surface area contributed by atoms with E-state index in [0.29, 0.717) is 16.6 Å². The summed E-state index contributed by atoms with van der Waals surface area (Å²) in [6.45, 7) is 4.87. The molecule has 0 aliphatic rings. The normalized spacial score (nSPS) is 12.3. The standard InChI is InChI=1S/C14H18N4O3S/c1-10(2)8-17-13-4-3-12(18(19)20)7-11(13)9-22(21)14-15-5-6-16-14/h3-7,10,17H,8-9H2,1-2H3,(H,15,16). The van der Waals surface area contributed by atoms with Crippen molar-refractivity contribution in [3.8, 4) is 0 Å². The van der Waals surface area contributed by atoms with E-state index in [1.165, 1.54) is 18.3 Å². The van der Waals surface area contributed by atoms with Crippen LogP contribution in [0.15, 0.2) is 35.7 Å². The van der Waals surface area contributed by atoms with E-state index in [0.717, 1.165) is 12.2 Å². The predicted octanol–water partition coefficient (Wildman–Crippen LogP) is 2.69. The van der Waals surface area contributed by atoms with Crippen LogP contribution in [0.5, 0.6) is 0 Å². The number of imidazole rings is 1. The molecule has 1 aromatic carbocycles. The number of non-ortho nitro benzene ring substituents is 1. The fourth-order valence-corrected chi connectivity index (χ4v) is 2.92. The molecule has 8 heteroatoms. The second-order valence-corrected chi connectivity index (χ2v) is 6.62. The molecule has 0 aliphatic carbocycles. The third-order valence-electron chi connectivity index (χ3n) is 2.98. The van der Waals surface area contributed by atoms with Gasteiger partial charge in [0, 0.05) is 36.8 Å². The highest BCUT2D eigenvalue weighted by Crippen LogP contribution is 2.24. The summed E-state index contributed by atoms with van der Waals surface area (Å²) < 4.78 is 12.3. The number of nitro groups is 1. The van der Waals surface area contributed by atoms with Gasteiger partial charge in [0.05, 0.1) is 21.5 Å². The van der Waals surface area contributed by atoms with Crippen LogP contribution in [0.1, 0.15) is 19.4 Å². The number of rotatable bonds is 7. The minimum Gasteiger partial charge on any atom is -0.385 e. The lowest BCUT2D eigenvalue weighted by Gasteiger charge is -2.13. The summed E-state index contributed by atoms with van der Waals surface area (Å²) in [6, 6.07) is 4.57. The third-order valence-corrected chi connectivity index (χ3v) is 4.20. The van der Waals surface area contributed by atoms with Crippen molar-refractivity contribution in [2.24, 2.45) is 5.92 Å². The fourth-order valence-electron chi connectivity index (χ4n) is 1.88. The molecule has 2 N–H and O–H groups in total. The lowest BCUT2D eigenvalue weighted by molar-refractivity contribution is -0.384. The average molecular weight is 322 g/mol. The Morgan fingerprint density at radius 3 is 2.82 bits per heavy atom. The number of benzene rings is 1. The molecule has 0 spiro atoms. The van der Waals surface area contributed by atoms with E-state index in [9.17, 15) is 14.3 Å². The second-order valence-electron chi connectivity index (χ2n) is 5.26. The van der Waals surface area contributed by atoms with Crippen molar-refractivity contribution in [1.29, 1.82) is 0 Å². The van der Waals surface area contributed by atoms with Crippen molar-refractivity contribution in [2.75, 3.05) is 11.9 Å². The number of nitro benzene ring substituents is 1. The van der Waals surface area contributed by atoms with Crippen molar-refractivity contribution in [2.45, 2.75) is 24.8 Å². The van der Waals surface area contributed by atoms with E-state index < -0.39 is 15.7 Å². The van der Waals surface area contributed by atoms with Crippen LogP contribution < -0.4 is 5.32 Å². The first-order valence-corrected chi connectivity index (χ1v) is 8.18. The maximum atomic E-state index is 12.3. The van der Waals surface area contributed by atoms with Crippen LogP contribution in [0.25, 0.3) is 0 Å². The molecule has 1 atom stereocenters. The molecule has 22 heavy (non-hydrogen) atoms. The van der Waals surface area contributed by atoms with Gasteiger partial charge < -0.3 is 10.3 Å². The lowest BCUT2D eigenvalue weighted by Crippen LogP contribution is -2.11. The number of hydrogen-bond acceptors (Lipinski definition) is 5. The van der Waals surface area contributed by atoms with Crippen molar-refractivity contribution < 1.29 is 9.13 Å². The van der Waals surface area contributed by atoms with Gasteiger partial charge >= 0.3 is 0 Å². The lowest BCUT2D eigenvalue weighted by atomic mass is 10.1. The van der Waals surface area contributed by atoms with Crippen LogP contribution in [0.3, 0.4) is 0 Å². The molecule has 0 fully saturated rings. The van der Waals surface area contributed by atoms with Gasteiger partial charge in [0.25, 0.3) is 5.69 Å². The Morgan fingerprint density at radius 2 is 2.23 bits per heavy atom. The molecule has 7 nitrogen and oxygen atoms in total. The van der Waals surface area contributed by atoms with E-state index >= 15 is 0 Å². The van der Waals surface area contributed by atoms with Gasteiger partial charge in [-0.3, -0.25) is 14.3 Å². The Hall–Kier alpha value is -2.22. The van der Waals surface area contributed by atoms with Gasteiger partial charge in [-0.2, -0.15) is 0 Å². The van der Waals surface area contributed by atoms with Gasteiger partial charge in [0.15, 0.2) is 5.16 Å². The summed E-state index contributed by atoms with van der Waals surface area (Å²) in [5, 5.41) is 14.5. The quantitative estimate of drug-likeness (QED) is 0.603. The maximum Gasteiger partial charge on any atom is 0.269 e. The average Bonchev–Trinajstić information content (AvgIpc) is 2.99. The number of H-pyrrole nitrogens is 1. The molecule has 0 bridgehead atoms. The smallest absolute Gasteiger partial charge is 0.269 e. The molecule has 0 saturated carbocycles. The predicted molar refractivity (Wildman–Crippen MR) is 85.1 cm³/mol. The molecule has 0 aliphatic heterocycles. The summed E-state index contributed by atoms with van der Waals surface area (Å²) in [5.74, 6) is 0.592. The second kappa shape index (κ2) is 7.17. The minimum atomic E-state index is -1.38. The van der Waals surface area contributed by atoms with Crippen LogP contribution in [-0.2, 0) is 16.6 Å². The molecule has 1 aromatic heterocycles. The number of aromatic nitrogens is 2. The van der Waals surface area contributed by atoms with E-state index in [-0.39, 0.29) is 11.4 Å². The SMILES string of the molecule is CC(C)CNc1ccc([N+](=O)[O-])cc1CS(=O)c1ncc[nH]1. The zero-order valence-electron chi connectivity index (χ0n) is 12.4. The highest BCUT2D eigenvalue weighted by atomic mass is 32.2. The largest absolute Gasteiger partial charge is 0.385 e. The van der Waals surface area contributed by atoms with Gasteiger partial charge in [-0.05, 0) is 17.5 Å². The van der Waals surface area contributed by atoms with E-state index in [1.807, 2.05) is 0 Å². The molecule has 0 saturated heterocycles. The number of hydrogen-bond donors (Lipinski definition) is 2. The first-order chi connectivity index (χ1) is 10.5. The molecular weight excluding hydrogens is 304 g/mol. The molecule has 0 radical (unpaired) electrons. The van der Waals surface area contributed by atoms with Crippen molar-refractivity contribution >= 4 is 22.2 Å². The Morgan fingerprint density at radius 1 is 1.45 bits per heavy atom. The highest BCUT2D eigenvalue weighted by Gasteiger charge is 2.15. The number of nitrogens with one attached hydrogen (secondary N) is 2. The summed E-state index contributed by atoms with van der Waals surface area (Å²) in [6.07, 6.45) is 3.12. The molecule has 2 aromatic rings. The van der Waals surface area contributed by atoms with Crippen LogP contribution in [0.4, 0.5) is 11.4 Å². The van der Waals surface area contributed by atoms with Crippen LogP contribution >= 0.6 is 0 Å². The number of aromatic amines is 1. The minimum absolute atomic E-state index is 0.0125. The summed E-state index contributed by atoms with van der Waals surface area (Å²) >= 11 is 0. The van der Waals surface area contributed by atoms with E-state index in [4.69, 9.17) is 0 Å². The van der Waals surface area contributed by atoms with Gasteiger partial charge in [-0.1, -0.05) is 13.8 Å². The van der Waals surface area contributed by atoms with E-state index in [1.54, 1.807) is 12.3 Å². The molecule has 1 heterocycles. The summed E-state index contributed by atoms with van der Waals surface area (Å²) in [5.41, 5.74) is 1.39. The molecule has 0 amide bonds. The Bertz CT molecular complexity index is 671. The van der Waals surface area contributed by atoms with Gasteiger partial charge in [0.1, 0.15) is 0 Å². The molecule has 1 unspecified atom stereocenters. The van der Waals surface area contributed by atoms with Crippen LogP contribution in [0, 0.1) is 16.0 Å². The fraction of sp³-hybridized carbons (Fsp3) is 0.357. The van der Waals surface area contributed by atoms with Crippen molar-refractivity contribution in [3.63, 3.8) is 0 Å². The molecule has 118 valence electrons. The Kier molecular flexibility index (Phi) is 5.26. The number of nitrogens with zero attached hydrogens (tertiary/aromatic N) is 2. The van der Waals surface area contributed by atoms with Crippen LogP contribution in [0.2, 0.25) is 0 Å². The van der Waals surface area contributed by atoms with Crippen molar-refractivity contribution in [1.82, 2.24) is 9.97 Å². The third kappa shape index (κ3) is 4.14. The van der Waals surface area contributed by atoms with Crippen molar-refractivity contribution in [3.05, 3.63) is 46.3 Å². The van der Waals surface area contributed by atoms with Crippen LogP contribution in [-0.4, -0.2) is 25.6 Å². The summed E-state index contributed by atoms with van der Waals surface area (Å²) in [7, 11) is -1.38. The first kappa shape index (κ1) is 16.2. The van der Waals surface area contributed by atoms with E-state index in [2.05, 4.69) is 29.1 Å². The highest BCUT2D eigenvalue weighted by molar-refractivity contribution is 7.84. The van der Waals surface area contributed by atoms with Gasteiger partial charge in [-0.25, -0.2) is 4.98 Å². The summed E-state index contributed by atoms with van der Waals surface area (Å²) in [4.78, 5) is 17.2. The topological polar surface area (TPSA) is 101 Å². The zero-order chi connectivity index (χ0) is 16.1. The Labute approximate surface area is 130 Å². The monoisotopic (exact) mass is 322 g/mol. The first-order valence-electron chi connectivity index (χ1n) is 6.86. The van der Waals surface area contributed by atoms with Gasteiger partial charge in [0.2, 0.25) is 0 Å². The number of anilines is 1. The molecule has 2 rings (SSSR count). The zero-order valence-corrected chi connectivity index (χ0v) is 13.2. The molecular formula is C14H18N4O3S. The Balaban J connectivity index is 2.26. The maximum absolute atomic E-state index is 12.3. The van der Waals surface area contributed by atoms with Gasteiger partial charge in [-0.15, -0.1) is 0 Å².